The number of nitrogens with zero attached hydrogens (tertiary/aromatic N) is 5. The smallest absolute Gasteiger partial charge is 0.165 e. The maximum Gasteiger partial charge on any atom is 0.165 e. The molecule has 0 saturated carbocycles. The summed E-state index contributed by atoms with van der Waals surface area (Å²) in [4.78, 5) is 4.82. The van der Waals surface area contributed by atoms with Gasteiger partial charge in [-0.3, -0.25) is 4.68 Å². The summed E-state index contributed by atoms with van der Waals surface area (Å²) in [5.41, 5.74) is 9.66. The van der Waals surface area contributed by atoms with Crippen molar-refractivity contribution >= 4 is 23.1 Å². The number of hydrogen-bond acceptors (Lipinski definition) is 5. The van der Waals surface area contributed by atoms with Crippen LogP contribution in [0.3, 0.4) is 0 Å². The average molecular weight is 332 g/mol. The molecule has 0 aromatic carbocycles. The minimum atomic E-state index is 0.278. The number of fused-ring (bicyclic) bond motifs is 1. The van der Waals surface area contributed by atoms with E-state index in [0.717, 1.165) is 48.4 Å². The molecule has 1 aliphatic heterocycles. The predicted octanol–water partition coefficient (Wildman–Crippen LogP) is 1.83. The summed E-state index contributed by atoms with van der Waals surface area (Å²) in [5.74, 6) is 0.715. The lowest BCUT2D eigenvalue weighted by atomic mass is 9.95. The molecule has 3 aromatic heterocycles. The van der Waals surface area contributed by atoms with Gasteiger partial charge in [0, 0.05) is 36.8 Å². The zero-order valence-electron chi connectivity index (χ0n) is 12.8. The summed E-state index contributed by atoms with van der Waals surface area (Å²) in [5, 5.41) is 12.5. The Bertz CT molecular complexity index is 860. The van der Waals surface area contributed by atoms with Crippen molar-refractivity contribution in [2.24, 2.45) is 7.05 Å². The Morgan fingerprint density at radius 1 is 1.35 bits per heavy atom. The summed E-state index contributed by atoms with van der Waals surface area (Å²) in [6, 6.07) is 0. The molecule has 4 rings (SSSR count). The first-order valence-electron chi connectivity index (χ1n) is 7.67. The molecule has 120 valence electrons. The van der Waals surface area contributed by atoms with Crippen molar-refractivity contribution in [3.8, 4) is 11.1 Å². The lowest BCUT2D eigenvalue weighted by Gasteiger charge is -2.23. The Morgan fingerprint density at radius 2 is 2.22 bits per heavy atom. The molecule has 23 heavy (non-hydrogen) atoms. The van der Waals surface area contributed by atoms with E-state index >= 15 is 0 Å². The van der Waals surface area contributed by atoms with Gasteiger partial charge in [-0.2, -0.15) is 14.7 Å². The molecule has 3 N–H and O–H groups in total. The molecule has 0 spiro atoms. The van der Waals surface area contributed by atoms with Crippen LogP contribution in [0.1, 0.15) is 24.5 Å². The second-order valence-corrected chi connectivity index (χ2v) is 6.31. The maximum atomic E-state index is 6.47. The first-order chi connectivity index (χ1) is 11.1. The third kappa shape index (κ3) is 2.36. The number of nitrogens with one attached hydrogen (secondary N) is 1. The van der Waals surface area contributed by atoms with Crippen LogP contribution in [-0.2, 0) is 7.05 Å². The molecule has 1 saturated heterocycles. The van der Waals surface area contributed by atoms with E-state index in [1.165, 1.54) is 0 Å². The molecule has 0 radical (unpaired) electrons. The van der Waals surface area contributed by atoms with Gasteiger partial charge in [0.05, 0.1) is 18.1 Å². The zero-order valence-corrected chi connectivity index (χ0v) is 13.6. The van der Waals surface area contributed by atoms with Gasteiger partial charge in [-0.05, 0) is 19.4 Å². The maximum absolute atomic E-state index is 6.47. The largest absolute Gasteiger partial charge is 0.382 e. The van der Waals surface area contributed by atoms with E-state index in [0.29, 0.717) is 10.8 Å². The number of nitrogens with two attached hydrogens (primary N) is 1. The van der Waals surface area contributed by atoms with Crippen LogP contribution in [0.25, 0.3) is 16.8 Å². The van der Waals surface area contributed by atoms with Crippen LogP contribution in [0, 0.1) is 0 Å². The molecule has 0 aliphatic carbocycles. The van der Waals surface area contributed by atoms with Gasteiger partial charge in [0.15, 0.2) is 5.65 Å². The monoisotopic (exact) mass is 331 g/mol. The first-order valence-corrected chi connectivity index (χ1v) is 8.05. The van der Waals surface area contributed by atoms with Crippen molar-refractivity contribution in [3.63, 3.8) is 0 Å². The second kappa shape index (κ2) is 5.50. The molecular weight excluding hydrogens is 314 g/mol. The van der Waals surface area contributed by atoms with Crippen molar-refractivity contribution < 1.29 is 0 Å². The van der Waals surface area contributed by atoms with Gasteiger partial charge in [0.1, 0.15) is 10.8 Å². The van der Waals surface area contributed by atoms with Crippen molar-refractivity contribution in [1.82, 2.24) is 29.7 Å². The highest BCUT2D eigenvalue weighted by molar-refractivity contribution is 6.33. The van der Waals surface area contributed by atoms with E-state index in [-0.39, 0.29) is 5.92 Å². The SMILES string of the molecule is Cn1cc(-c2cnn3c(N)c(Cl)c([C@H]4CCCNC4)nc23)cn1. The van der Waals surface area contributed by atoms with Crippen molar-refractivity contribution in [1.29, 1.82) is 0 Å². The van der Waals surface area contributed by atoms with Crippen LogP contribution < -0.4 is 11.1 Å². The Morgan fingerprint density at radius 3 is 2.91 bits per heavy atom. The molecular formula is C15H18ClN7. The number of aryl methyl sites for hydroxylation is 1. The fourth-order valence-corrected chi connectivity index (χ4v) is 3.41. The third-order valence-electron chi connectivity index (χ3n) is 4.35. The number of anilines is 1. The third-order valence-corrected chi connectivity index (χ3v) is 4.73. The number of nitrogen functional groups attached to an aromatic ring is 1. The van der Waals surface area contributed by atoms with Crippen molar-refractivity contribution in [2.45, 2.75) is 18.8 Å². The van der Waals surface area contributed by atoms with E-state index < -0.39 is 0 Å². The molecule has 8 heteroatoms. The van der Waals surface area contributed by atoms with E-state index in [1.807, 2.05) is 13.2 Å². The molecule has 1 atom stereocenters. The highest BCUT2D eigenvalue weighted by Gasteiger charge is 2.24. The van der Waals surface area contributed by atoms with Gasteiger partial charge in [0.2, 0.25) is 0 Å². The summed E-state index contributed by atoms with van der Waals surface area (Å²) >= 11 is 6.47. The standard InChI is InChI=1S/C15H18ClN7/c1-22-8-10(6-19-22)11-7-20-23-14(17)12(16)13(21-15(11)23)9-3-2-4-18-5-9/h6-9,18H,2-5,17H2,1H3/t9-/m0/s1. The average Bonchev–Trinajstić information content (AvgIpc) is 3.17. The van der Waals surface area contributed by atoms with E-state index in [9.17, 15) is 0 Å². The summed E-state index contributed by atoms with van der Waals surface area (Å²) < 4.78 is 3.36. The van der Waals surface area contributed by atoms with E-state index in [4.69, 9.17) is 22.3 Å². The molecule has 0 unspecified atom stereocenters. The van der Waals surface area contributed by atoms with Crippen LogP contribution in [0.2, 0.25) is 5.02 Å². The number of rotatable bonds is 2. The quantitative estimate of drug-likeness (QED) is 0.748. The number of halogens is 1. The molecule has 1 aliphatic rings. The Hall–Kier alpha value is -2.12. The molecule has 0 bridgehead atoms. The van der Waals surface area contributed by atoms with Crippen molar-refractivity contribution in [2.75, 3.05) is 18.8 Å². The molecule has 4 heterocycles. The zero-order chi connectivity index (χ0) is 16.0. The molecule has 3 aromatic rings. The highest BCUT2D eigenvalue weighted by atomic mass is 35.5. The molecule has 0 amide bonds. The van der Waals surface area contributed by atoms with Gasteiger partial charge in [-0.1, -0.05) is 11.6 Å². The topological polar surface area (TPSA) is 86.1 Å². The summed E-state index contributed by atoms with van der Waals surface area (Å²) in [6.07, 6.45) is 7.67. The highest BCUT2D eigenvalue weighted by Crippen LogP contribution is 2.34. The van der Waals surface area contributed by atoms with Crippen LogP contribution in [0.5, 0.6) is 0 Å². The number of hydrogen-bond donors (Lipinski definition) is 2. The predicted molar refractivity (Wildman–Crippen MR) is 89.5 cm³/mol. The van der Waals surface area contributed by atoms with Crippen LogP contribution >= 0.6 is 11.6 Å². The van der Waals surface area contributed by atoms with Gasteiger partial charge in [-0.15, -0.1) is 0 Å². The summed E-state index contributed by atoms with van der Waals surface area (Å²) in [6.45, 7) is 1.91. The van der Waals surface area contributed by atoms with Gasteiger partial charge < -0.3 is 11.1 Å². The Kier molecular flexibility index (Phi) is 3.46. The van der Waals surface area contributed by atoms with Gasteiger partial charge in [-0.25, -0.2) is 4.98 Å². The van der Waals surface area contributed by atoms with E-state index in [2.05, 4.69) is 15.5 Å². The minimum Gasteiger partial charge on any atom is -0.382 e. The number of piperidine rings is 1. The fourth-order valence-electron chi connectivity index (χ4n) is 3.13. The molecule has 7 nitrogen and oxygen atoms in total. The first kappa shape index (κ1) is 14.5. The number of aromatic nitrogens is 5. The summed E-state index contributed by atoms with van der Waals surface area (Å²) in [7, 11) is 1.88. The Balaban J connectivity index is 1.89. The van der Waals surface area contributed by atoms with Crippen LogP contribution in [-0.4, -0.2) is 37.5 Å². The lowest BCUT2D eigenvalue weighted by molar-refractivity contribution is 0.455. The van der Waals surface area contributed by atoms with Crippen molar-refractivity contribution in [3.05, 3.63) is 29.3 Å². The lowest BCUT2D eigenvalue weighted by Crippen LogP contribution is -2.29. The second-order valence-electron chi connectivity index (χ2n) is 5.94. The van der Waals surface area contributed by atoms with Gasteiger partial charge >= 0.3 is 0 Å². The van der Waals surface area contributed by atoms with Crippen LogP contribution in [0.4, 0.5) is 5.82 Å². The van der Waals surface area contributed by atoms with E-state index in [1.54, 1.807) is 21.6 Å². The normalized spacial score (nSPS) is 18.6. The van der Waals surface area contributed by atoms with Gasteiger partial charge in [0.25, 0.3) is 0 Å². The Labute approximate surface area is 138 Å². The minimum absolute atomic E-state index is 0.278. The fraction of sp³-hybridized carbons (Fsp3) is 0.400. The van der Waals surface area contributed by atoms with Crippen LogP contribution in [0.15, 0.2) is 18.6 Å². The molecule has 1 fully saturated rings.